The van der Waals surface area contributed by atoms with E-state index in [2.05, 4.69) is 15.6 Å². The highest BCUT2D eigenvalue weighted by atomic mass is 16.5. The Morgan fingerprint density at radius 3 is 2.52 bits per heavy atom. The highest BCUT2D eigenvalue weighted by molar-refractivity contribution is 5.90. The van der Waals surface area contributed by atoms with E-state index < -0.39 is 0 Å². The van der Waals surface area contributed by atoms with Crippen molar-refractivity contribution in [1.82, 2.24) is 5.32 Å². The molecule has 0 bridgehead atoms. The fraction of sp³-hybridized carbons (Fsp3) is 0.364. The number of ether oxygens (including phenoxy) is 2. The second kappa shape index (κ2) is 10.9. The number of hydrogen-bond donors (Lipinski definition) is 3. The molecule has 2 aromatic carbocycles. The van der Waals surface area contributed by atoms with Gasteiger partial charge in [-0.2, -0.15) is 0 Å². The van der Waals surface area contributed by atoms with Gasteiger partial charge in [0.05, 0.1) is 20.8 Å². The number of carbonyl (C=O) groups excluding carboxylic acids is 1. The molecule has 0 atom stereocenters. The third kappa shape index (κ3) is 7.37. The fourth-order valence-electron chi connectivity index (χ4n) is 2.75. The minimum absolute atomic E-state index is 0.0109. The van der Waals surface area contributed by atoms with Crippen LogP contribution in [0.5, 0.6) is 11.5 Å². The van der Waals surface area contributed by atoms with Crippen molar-refractivity contribution in [3.05, 3.63) is 53.6 Å². The highest BCUT2D eigenvalue weighted by Crippen LogP contribution is 2.27. The predicted octanol–water partition coefficient (Wildman–Crippen LogP) is 3.29. The average Bonchev–Trinajstić information content (AvgIpc) is 2.70. The molecule has 0 spiro atoms. The topological polar surface area (TPSA) is 98.0 Å². The van der Waals surface area contributed by atoms with E-state index in [-0.39, 0.29) is 5.91 Å². The SMILES string of the molecule is COc1ccc(CNC(N)=NCc2cccc(NC(=O)CC(C)C)c2)cc1OC. The summed E-state index contributed by atoms with van der Waals surface area (Å²) in [6, 6.07) is 13.3. The first-order valence-corrected chi connectivity index (χ1v) is 9.54. The van der Waals surface area contributed by atoms with Gasteiger partial charge in [0.1, 0.15) is 0 Å². The molecule has 0 aliphatic heterocycles. The van der Waals surface area contributed by atoms with Gasteiger partial charge in [-0.05, 0) is 41.3 Å². The van der Waals surface area contributed by atoms with Crippen LogP contribution in [0.25, 0.3) is 0 Å². The van der Waals surface area contributed by atoms with Crippen LogP contribution in [0.15, 0.2) is 47.5 Å². The summed E-state index contributed by atoms with van der Waals surface area (Å²) in [6.45, 7) is 4.96. The van der Waals surface area contributed by atoms with Crippen molar-refractivity contribution in [3.8, 4) is 11.5 Å². The largest absolute Gasteiger partial charge is 0.493 e. The van der Waals surface area contributed by atoms with Gasteiger partial charge in [0, 0.05) is 18.7 Å². The quantitative estimate of drug-likeness (QED) is 0.445. The Kier molecular flexibility index (Phi) is 8.33. The third-order valence-electron chi connectivity index (χ3n) is 4.16. The summed E-state index contributed by atoms with van der Waals surface area (Å²) in [6.07, 6.45) is 0.495. The van der Waals surface area contributed by atoms with E-state index in [9.17, 15) is 4.79 Å². The molecule has 0 saturated carbocycles. The molecule has 0 aromatic heterocycles. The van der Waals surface area contributed by atoms with Gasteiger partial charge in [-0.1, -0.05) is 32.0 Å². The minimum atomic E-state index is 0.0109. The van der Waals surface area contributed by atoms with Crippen LogP contribution in [0.1, 0.15) is 31.4 Å². The lowest BCUT2D eigenvalue weighted by Gasteiger charge is -2.11. The summed E-state index contributed by atoms with van der Waals surface area (Å²) in [5.41, 5.74) is 8.70. The van der Waals surface area contributed by atoms with E-state index in [4.69, 9.17) is 15.2 Å². The molecule has 156 valence electrons. The van der Waals surface area contributed by atoms with Crippen molar-refractivity contribution in [2.45, 2.75) is 33.4 Å². The molecule has 0 unspecified atom stereocenters. The molecular formula is C22H30N4O3. The number of nitrogens with two attached hydrogens (primary N) is 1. The standard InChI is InChI=1S/C22H30N4O3/c1-15(2)10-21(27)26-18-7-5-6-16(11-18)13-24-22(23)25-14-17-8-9-19(28-3)20(12-17)29-4/h5-9,11-12,15H,10,13-14H2,1-4H3,(H,26,27)(H3,23,24,25). The monoisotopic (exact) mass is 398 g/mol. The molecule has 0 radical (unpaired) electrons. The van der Waals surface area contributed by atoms with Crippen LogP contribution in [-0.4, -0.2) is 26.1 Å². The molecule has 2 aromatic rings. The van der Waals surface area contributed by atoms with Gasteiger partial charge in [-0.15, -0.1) is 0 Å². The number of amides is 1. The average molecular weight is 399 g/mol. The molecule has 29 heavy (non-hydrogen) atoms. The molecule has 0 aliphatic rings. The lowest BCUT2D eigenvalue weighted by molar-refractivity contribution is -0.116. The van der Waals surface area contributed by atoms with Crippen LogP contribution in [0.3, 0.4) is 0 Å². The Morgan fingerprint density at radius 1 is 1.07 bits per heavy atom. The third-order valence-corrected chi connectivity index (χ3v) is 4.16. The summed E-state index contributed by atoms with van der Waals surface area (Å²) in [5, 5.41) is 6.00. The molecule has 7 nitrogen and oxygen atoms in total. The molecule has 4 N–H and O–H groups in total. The first-order chi connectivity index (χ1) is 13.9. The van der Waals surface area contributed by atoms with Crippen molar-refractivity contribution in [2.24, 2.45) is 16.6 Å². The molecule has 2 rings (SSSR count). The minimum Gasteiger partial charge on any atom is -0.493 e. The van der Waals surface area contributed by atoms with E-state index in [1.54, 1.807) is 14.2 Å². The molecule has 0 heterocycles. The van der Waals surface area contributed by atoms with Gasteiger partial charge in [0.2, 0.25) is 5.91 Å². The van der Waals surface area contributed by atoms with E-state index in [1.165, 1.54) is 0 Å². The molecular weight excluding hydrogens is 368 g/mol. The maximum Gasteiger partial charge on any atom is 0.224 e. The normalized spacial score (nSPS) is 11.3. The van der Waals surface area contributed by atoms with Gasteiger partial charge in [0.15, 0.2) is 17.5 Å². The van der Waals surface area contributed by atoms with Gasteiger partial charge >= 0.3 is 0 Å². The Hall–Kier alpha value is -3.22. The van der Waals surface area contributed by atoms with E-state index in [0.717, 1.165) is 16.8 Å². The number of aliphatic imine (C=N–C) groups is 1. The number of rotatable bonds is 9. The van der Waals surface area contributed by atoms with Gasteiger partial charge in [-0.25, -0.2) is 4.99 Å². The van der Waals surface area contributed by atoms with Crippen LogP contribution in [-0.2, 0) is 17.9 Å². The number of guanidine groups is 1. The fourth-order valence-corrected chi connectivity index (χ4v) is 2.75. The lowest BCUT2D eigenvalue weighted by atomic mass is 10.1. The van der Waals surface area contributed by atoms with Crippen LogP contribution >= 0.6 is 0 Å². The summed E-state index contributed by atoms with van der Waals surface area (Å²) < 4.78 is 10.5. The number of nitrogens with one attached hydrogen (secondary N) is 2. The number of carbonyl (C=O) groups is 1. The van der Waals surface area contributed by atoms with Crippen molar-refractivity contribution in [2.75, 3.05) is 19.5 Å². The van der Waals surface area contributed by atoms with Gasteiger partial charge in [-0.3, -0.25) is 4.79 Å². The Balaban J connectivity index is 1.91. The van der Waals surface area contributed by atoms with Crippen LogP contribution < -0.4 is 25.8 Å². The van der Waals surface area contributed by atoms with E-state index in [1.807, 2.05) is 56.3 Å². The summed E-state index contributed by atoms with van der Waals surface area (Å²) >= 11 is 0. The molecule has 0 fully saturated rings. The second-order valence-electron chi connectivity index (χ2n) is 7.09. The number of benzene rings is 2. The van der Waals surface area contributed by atoms with Crippen LogP contribution in [0.4, 0.5) is 5.69 Å². The van der Waals surface area contributed by atoms with Crippen LogP contribution in [0.2, 0.25) is 0 Å². The van der Waals surface area contributed by atoms with E-state index in [0.29, 0.717) is 42.9 Å². The van der Waals surface area contributed by atoms with Gasteiger partial charge in [0.25, 0.3) is 0 Å². The predicted molar refractivity (Wildman–Crippen MR) is 116 cm³/mol. The first kappa shape index (κ1) is 22.1. The molecule has 0 saturated heterocycles. The molecule has 0 aliphatic carbocycles. The van der Waals surface area contributed by atoms with Crippen molar-refractivity contribution < 1.29 is 14.3 Å². The number of anilines is 1. The number of hydrogen-bond acceptors (Lipinski definition) is 4. The van der Waals surface area contributed by atoms with E-state index >= 15 is 0 Å². The van der Waals surface area contributed by atoms with Crippen LogP contribution in [0, 0.1) is 5.92 Å². The zero-order valence-corrected chi connectivity index (χ0v) is 17.5. The highest BCUT2D eigenvalue weighted by Gasteiger charge is 2.06. The van der Waals surface area contributed by atoms with Crippen molar-refractivity contribution >= 4 is 17.6 Å². The Morgan fingerprint density at radius 2 is 1.83 bits per heavy atom. The maximum atomic E-state index is 11.9. The van der Waals surface area contributed by atoms with Crippen molar-refractivity contribution in [3.63, 3.8) is 0 Å². The maximum absolute atomic E-state index is 11.9. The lowest BCUT2D eigenvalue weighted by Crippen LogP contribution is -2.31. The zero-order chi connectivity index (χ0) is 21.2. The summed E-state index contributed by atoms with van der Waals surface area (Å²) in [7, 11) is 3.20. The number of methoxy groups -OCH3 is 2. The first-order valence-electron chi connectivity index (χ1n) is 9.54. The van der Waals surface area contributed by atoms with Crippen molar-refractivity contribution in [1.29, 1.82) is 0 Å². The van der Waals surface area contributed by atoms with Gasteiger partial charge < -0.3 is 25.8 Å². The summed E-state index contributed by atoms with van der Waals surface area (Å²) in [4.78, 5) is 16.3. The molecule has 1 amide bonds. The smallest absolute Gasteiger partial charge is 0.224 e. The Labute approximate surface area is 172 Å². The number of nitrogens with zero attached hydrogens (tertiary/aromatic N) is 1. The zero-order valence-electron chi connectivity index (χ0n) is 17.5. The second-order valence-corrected chi connectivity index (χ2v) is 7.09. The Bertz CT molecular complexity index is 850. The molecule has 7 heteroatoms. The summed E-state index contributed by atoms with van der Waals surface area (Å²) in [5.74, 6) is 2.02.